The predicted octanol–water partition coefficient (Wildman–Crippen LogP) is 1.25. The van der Waals surface area contributed by atoms with Crippen molar-refractivity contribution in [3.05, 3.63) is 34.9 Å². The van der Waals surface area contributed by atoms with Crippen molar-refractivity contribution < 1.29 is 14.6 Å². The van der Waals surface area contributed by atoms with Gasteiger partial charge in [0, 0.05) is 6.54 Å². The third kappa shape index (κ3) is 2.48. The highest BCUT2D eigenvalue weighted by Gasteiger charge is 2.45. The minimum absolute atomic E-state index is 0.243. The van der Waals surface area contributed by atoms with Gasteiger partial charge >= 0.3 is 5.97 Å². The van der Waals surface area contributed by atoms with Crippen LogP contribution in [0.2, 0.25) is 0 Å². The van der Waals surface area contributed by atoms with Gasteiger partial charge in [-0.1, -0.05) is 29.3 Å². The standard InChI is InChI=1S/C13H17NO3/c1-9-3-10(2)5-11(4-9)6-14-13(12(15)16)7-17-8-13/h3-5,14H,6-8H2,1-2H3,(H,15,16). The molecule has 1 aliphatic rings. The van der Waals surface area contributed by atoms with Gasteiger partial charge in [0.15, 0.2) is 5.54 Å². The lowest BCUT2D eigenvalue weighted by atomic mass is 9.97. The molecule has 0 saturated carbocycles. The number of rotatable bonds is 4. The monoisotopic (exact) mass is 235 g/mol. The number of carboxylic acids is 1. The Kier molecular flexibility index (Phi) is 3.17. The molecule has 0 unspecified atom stereocenters. The molecule has 1 aromatic rings. The highest BCUT2D eigenvalue weighted by Crippen LogP contribution is 2.18. The number of hydrogen-bond acceptors (Lipinski definition) is 3. The lowest BCUT2D eigenvalue weighted by Crippen LogP contribution is -2.65. The second kappa shape index (κ2) is 4.47. The Balaban J connectivity index is 2.04. The zero-order chi connectivity index (χ0) is 12.5. The van der Waals surface area contributed by atoms with Crippen molar-refractivity contribution >= 4 is 5.97 Å². The molecule has 0 amide bonds. The van der Waals surface area contributed by atoms with Gasteiger partial charge in [0.1, 0.15) is 0 Å². The van der Waals surface area contributed by atoms with Crippen LogP contribution in [0.25, 0.3) is 0 Å². The molecular formula is C13H17NO3. The van der Waals surface area contributed by atoms with E-state index in [-0.39, 0.29) is 13.2 Å². The summed E-state index contributed by atoms with van der Waals surface area (Å²) in [5.41, 5.74) is 2.60. The van der Waals surface area contributed by atoms with Crippen molar-refractivity contribution in [2.75, 3.05) is 13.2 Å². The zero-order valence-corrected chi connectivity index (χ0v) is 10.1. The molecule has 0 bridgehead atoms. The third-order valence-electron chi connectivity index (χ3n) is 3.02. The minimum atomic E-state index is -0.891. The van der Waals surface area contributed by atoms with Crippen molar-refractivity contribution in [3.8, 4) is 0 Å². The maximum absolute atomic E-state index is 11.1. The number of nitrogens with one attached hydrogen (secondary N) is 1. The van der Waals surface area contributed by atoms with E-state index in [4.69, 9.17) is 9.84 Å². The fourth-order valence-corrected chi connectivity index (χ4v) is 2.05. The molecule has 2 N–H and O–H groups in total. The van der Waals surface area contributed by atoms with E-state index in [1.165, 1.54) is 11.1 Å². The second-order valence-electron chi connectivity index (χ2n) is 4.73. The molecule has 4 heteroatoms. The Morgan fingerprint density at radius 3 is 2.35 bits per heavy atom. The fourth-order valence-electron chi connectivity index (χ4n) is 2.05. The van der Waals surface area contributed by atoms with E-state index in [9.17, 15) is 4.79 Å². The maximum Gasteiger partial charge on any atom is 0.328 e. The normalized spacial score (nSPS) is 17.5. The van der Waals surface area contributed by atoms with Crippen LogP contribution < -0.4 is 5.32 Å². The van der Waals surface area contributed by atoms with E-state index in [1.807, 2.05) is 13.8 Å². The summed E-state index contributed by atoms with van der Waals surface area (Å²) in [4.78, 5) is 11.1. The summed E-state index contributed by atoms with van der Waals surface area (Å²) in [6.45, 7) is 5.12. The number of hydrogen-bond donors (Lipinski definition) is 2. The Labute approximate surface area is 101 Å². The number of aryl methyl sites for hydroxylation is 2. The van der Waals surface area contributed by atoms with E-state index >= 15 is 0 Å². The highest BCUT2D eigenvalue weighted by atomic mass is 16.5. The van der Waals surface area contributed by atoms with Gasteiger partial charge in [-0.2, -0.15) is 0 Å². The van der Waals surface area contributed by atoms with Gasteiger partial charge < -0.3 is 9.84 Å². The van der Waals surface area contributed by atoms with Crippen LogP contribution >= 0.6 is 0 Å². The van der Waals surface area contributed by atoms with Gasteiger partial charge in [-0.15, -0.1) is 0 Å². The van der Waals surface area contributed by atoms with Crippen LogP contribution in [-0.4, -0.2) is 29.8 Å². The van der Waals surface area contributed by atoms with E-state index < -0.39 is 11.5 Å². The predicted molar refractivity (Wildman–Crippen MR) is 63.9 cm³/mol. The minimum Gasteiger partial charge on any atom is -0.480 e. The molecule has 1 saturated heterocycles. The van der Waals surface area contributed by atoms with Gasteiger partial charge in [-0.3, -0.25) is 10.1 Å². The Hall–Kier alpha value is -1.39. The third-order valence-corrected chi connectivity index (χ3v) is 3.02. The smallest absolute Gasteiger partial charge is 0.328 e. The topological polar surface area (TPSA) is 58.6 Å². The van der Waals surface area contributed by atoms with Gasteiger partial charge in [0.05, 0.1) is 13.2 Å². The number of ether oxygens (including phenoxy) is 1. The van der Waals surface area contributed by atoms with Crippen LogP contribution in [0.3, 0.4) is 0 Å². The molecule has 2 rings (SSSR count). The molecule has 1 fully saturated rings. The lowest BCUT2D eigenvalue weighted by molar-refractivity contribution is -0.166. The number of benzene rings is 1. The van der Waals surface area contributed by atoms with E-state index in [1.54, 1.807) is 0 Å². The van der Waals surface area contributed by atoms with Crippen LogP contribution in [0.15, 0.2) is 18.2 Å². The van der Waals surface area contributed by atoms with Gasteiger partial charge in [-0.25, -0.2) is 0 Å². The summed E-state index contributed by atoms with van der Waals surface area (Å²) >= 11 is 0. The molecule has 0 radical (unpaired) electrons. The number of aliphatic carboxylic acids is 1. The van der Waals surface area contributed by atoms with Crippen LogP contribution in [0, 0.1) is 13.8 Å². The fraction of sp³-hybridized carbons (Fsp3) is 0.462. The Morgan fingerprint density at radius 1 is 1.35 bits per heavy atom. The van der Waals surface area contributed by atoms with Crippen molar-refractivity contribution in [2.24, 2.45) is 0 Å². The summed E-state index contributed by atoms with van der Waals surface area (Å²) in [6.07, 6.45) is 0. The van der Waals surface area contributed by atoms with Gasteiger partial charge in [-0.05, 0) is 19.4 Å². The molecule has 0 spiro atoms. The summed E-state index contributed by atoms with van der Waals surface area (Å²) in [5, 5.41) is 12.2. The average molecular weight is 235 g/mol. The lowest BCUT2D eigenvalue weighted by Gasteiger charge is -2.38. The highest BCUT2D eigenvalue weighted by molar-refractivity contribution is 5.80. The quantitative estimate of drug-likeness (QED) is 0.824. The zero-order valence-electron chi connectivity index (χ0n) is 10.1. The van der Waals surface area contributed by atoms with E-state index in [0.29, 0.717) is 6.54 Å². The first-order chi connectivity index (χ1) is 8.02. The van der Waals surface area contributed by atoms with Crippen LogP contribution in [-0.2, 0) is 16.1 Å². The van der Waals surface area contributed by atoms with E-state index in [0.717, 1.165) is 5.56 Å². The SMILES string of the molecule is Cc1cc(C)cc(CNC2(C(=O)O)COC2)c1. The van der Waals surface area contributed by atoms with Crippen molar-refractivity contribution in [3.63, 3.8) is 0 Å². The van der Waals surface area contributed by atoms with Gasteiger partial charge in [0.2, 0.25) is 0 Å². The first-order valence-electron chi connectivity index (χ1n) is 5.65. The average Bonchev–Trinajstić information content (AvgIpc) is 2.13. The van der Waals surface area contributed by atoms with Crippen molar-refractivity contribution in [1.29, 1.82) is 0 Å². The Bertz CT molecular complexity index is 418. The largest absolute Gasteiger partial charge is 0.480 e. The summed E-state index contributed by atoms with van der Waals surface area (Å²) in [5.74, 6) is -0.840. The van der Waals surface area contributed by atoms with Crippen molar-refractivity contribution in [2.45, 2.75) is 25.9 Å². The van der Waals surface area contributed by atoms with Gasteiger partial charge in [0.25, 0.3) is 0 Å². The maximum atomic E-state index is 11.1. The molecule has 1 aliphatic heterocycles. The Morgan fingerprint density at radius 2 is 1.94 bits per heavy atom. The molecule has 1 aromatic carbocycles. The summed E-state index contributed by atoms with van der Waals surface area (Å²) < 4.78 is 4.99. The molecule has 1 heterocycles. The van der Waals surface area contributed by atoms with Crippen LogP contribution in [0.4, 0.5) is 0 Å². The van der Waals surface area contributed by atoms with Crippen LogP contribution in [0.1, 0.15) is 16.7 Å². The number of carbonyl (C=O) groups is 1. The summed E-state index contributed by atoms with van der Waals surface area (Å²) in [6, 6.07) is 6.23. The molecule has 4 nitrogen and oxygen atoms in total. The number of carboxylic acid groups (broad SMARTS) is 1. The van der Waals surface area contributed by atoms with E-state index in [2.05, 4.69) is 23.5 Å². The van der Waals surface area contributed by atoms with Crippen LogP contribution in [0.5, 0.6) is 0 Å². The molecule has 0 aliphatic carbocycles. The second-order valence-corrected chi connectivity index (χ2v) is 4.73. The molecule has 17 heavy (non-hydrogen) atoms. The van der Waals surface area contributed by atoms with Crippen molar-refractivity contribution in [1.82, 2.24) is 5.32 Å². The summed E-state index contributed by atoms with van der Waals surface area (Å²) in [7, 11) is 0. The first-order valence-corrected chi connectivity index (χ1v) is 5.65. The molecule has 0 atom stereocenters. The molecule has 92 valence electrons. The first kappa shape index (κ1) is 12.1. The molecule has 0 aromatic heterocycles. The molecular weight excluding hydrogens is 218 g/mol.